The third kappa shape index (κ3) is 1.76. The molecule has 1 fully saturated rings. The quantitative estimate of drug-likeness (QED) is 0.643. The Labute approximate surface area is 113 Å². The zero-order valence-electron chi connectivity index (χ0n) is 11.1. The van der Waals surface area contributed by atoms with Crippen molar-refractivity contribution in [3.05, 3.63) is 48.0 Å². The molecule has 0 bridgehead atoms. The second-order valence-corrected chi connectivity index (χ2v) is 5.77. The van der Waals surface area contributed by atoms with Gasteiger partial charge < -0.3 is 4.74 Å². The van der Waals surface area contributed by atoms with E-state index in [0.717, 1.165) is 18.6 Å². The van der Waals surface area contributed by atoms with Crippen molar-refractivity contribution < 1.29 is 4.74 Å². The third-order valence-corrected chi connectivity index (χ3v) is 4.48. The van der Waals surface area contributed by atoms with E-state index in [1.807, 2.05) is 0 Å². The zero-order valence-corrected chi connectivity index (χ0v) is 11.1. The summed E-state index contributed by atoms with van der Waals surface area (Å²) in [5, 5.41) is 2.51. The highest BCUT2D eigenvalue weighted by Crippen LogP contribution is 2.42. The van der Waals surface area contributed by atoms with E-state index in [1.54, 1.807) is 0 Å². The van der Waals surface area contributed by atoms with E-state index in [2.05, 4.69) is 48.6 Å². The Bertz CT molecular complexity index is 648. The van der Waals surface area contributed by atoms with Crippen LogP contribution in [0.3, 0.4) is 0 Å². The van der Waals surface area contributed by atoms with Crippen LogP contribution in [0.25, 0.3) is 16.8 Å². The highest BCUT2D eigenvalue weighted by atomic mass is 16.5. The maximum atomic E-state index is 6.49. The van der Waals surface area contributed by atoms with E-state index in [-0.39, 0.29) is 5.60 Å². The summed E-state index contributed by atoms with van der Waals surface area (Å²) in [5.74, 6) is 1.09. The summed E-state index contributed by atoms with van der Waals surface area (Å²) in [5.41, 5.74) is 1.19. The molecule has 0 saturated heterocycles. The molecule has 2 aliphatic rings. The molecule has 1 aliphatic carbocycles. The first kappa shape index (κ1) is 11.1. The van der Waals surface area contributed by atoms with E-state index in [4.69, 9.17) is 4.74 Å². The second kappa shape index (κ2) is 4.12. The number of rotatable bonds is 0. The van der Waals surface area contributed by atoms with Crippen LogP contribution in [-0.2, 0) is 0 Å². The molecule has 0 aromatic heterocycles. The van der Waals surface area contributed by atoms with Crippen molar-refractivity contribution in [3.63, 3.8) is 0 Å². The molecule has 1 spiro atoms. The maximum absolute atomic E-state index is 6.49. The zero-order chi connectivity index (χ0) is 12.7. The van der Waals surface area contributed by atoms with Gasteiger partial charge in [-0.15, -0.1) is 0 Å². The summed E-state index contributed by atoms with van der Waals surface area (Å²) in [4.78, 5) is 0. The third-order valence-electron chi connectivity index (χ3n) is 4.48. The molecule has 1 aliphatic heterocycles. The van der Waals surface area contributed by atoms with Crippen molar-refractivity contribution in [2.45, 2.75) is 37.7 Å². The van der Waals surface area contributed by atoms with Crippen LogP contribution in [-0.4, -0.2) is 5.60 Å². The lowest BCUT2D eigenvalue weighted by Gasteiger charge is -2.38. The first-order valence-electron chi connectivity index (χ1n) is 7.26. The highest BCUT2D eigenvalue weighted by molar-refractivity contribution is 5.92. The summed E-state index contributed by atoms with van der Waals surface area (Å²) < 4.78 is 6.49. The van der Waals surface area contributed by atoms with Gasteiger partial charge in [0.1, 0.15) is 11.4 Å². The number of fused-ring (bicyclic) bond motifs is 3. The Morgan fingerprint density at radius 1 is 0.895 bits per heavy atom. The predicted molar refractivity (Wildman–Crippen MR) is 79.4 cm³/mol. The Morgan fingerprint density at radius 2 is 1.74 bits per heavy atom. The number of hydrogen-bond acceptors (Lipinski definition) is 1. The molecular formula is C18H18O. The van der Waals surface area contributed by atoms with Gasteiger partial charge in [-0.2, -0.15) is 0 Å². The van der Waals surface area contributed by atoms with Gasteiger partial charge in [0.25, 0.3) is 0 Å². The molecule has 0 unspecified atom stereocenters. The minimum absolute atomic E-state index is 0.0324. The standard InChI is InChI=1S/C18H18O/c1-4-11-18(12-5-1)13-10-15-9-8-14-6-2-3-7-16(14)17(15)19-18/h2-3,6-10,13H,1,4-5,11-12H2. The van der Waals surface area contributed by atoms with Gasteiger partial charge >= 0.3 is 0 Å². The maximum Gasteiger partial charge on any atom is 0.135 e. The minimum atomic E-state index is -0.0324. The first-order chi connectivity index (χ1) is 9.36. The van der Waals surface area contributed by atoms with Crippen molar-refractivity contribution in [1.82, 2.24) is 0 Å². The van der Waals surface area contributed by atoms with Gasteiger partial charge in [0.05, 0.1) is 0 Å². The molecule has 0 atom stereocenters. The molecule has 1 heteroatoms. The van der Waals surface area contributed by atoms with Crippen molar-refractivity contribution in [3.8, 4) is 5.75 Å². The monoisotopic (exact) mass is 250 g/mol. The van der Waals surface area contributed by atoms with Crippen LogP contribution >= 0.6 is 0 Å². The fraction of sp³-hybridized carbons (Fsp3) is 0.333. The lowest BCUT2D eigenvalue weighted by molar-refractivity contribution is 0.0770. The smallest absolute Gasteiger partial charge is 0.135 e. The van der Waals surface area contributed by atoms with E-state index >= 15 is 0 Å². The molecule has 1 heterocycles. The normalized spacial score (nSPS) is 20.2. The first-order valence-corrected chi connectivity index (χ1v) is 7.26. The molecule has 1 nitrogen and oxygen atoms in total. The molecular weight excluding hydrogens is 232 g/mol. The molecule has 96 valence electrons. The summed E-state index contributed by atoms with van der Waals surface area (Å²) in [6.45, 7) is 0. The van der Waals surface area contributed by atoms with Gasteiger partial charge in [-0.05, 0) is 37.1 Å². The van der Waals surface area contributed by atoms with Gasteiger partial charge in [0, 0.05) is 10.9 Å². The summed E-state index contributed by atoms with van der Waals surface area (Å²) in [7, 11) is 0. The average molecular weight is 250 g/mol. The molecule has 0 N–H and O–H groups in total. The number of benzene rings is 2. The molecule has 0 amide bonds. The van der Waals surface area contributed by atoms with Gasteiger partial charge in [0.15, 0.2) is 0 Å². The minimum Gasteiger partial charge on any atom is -0.482 e. The Morgan fingerprint density at radius 3 is 2.63 bits per heavy atom. The van der Waals surface area contributed by atoms with Crippen molar-refractivity contribution in [1.29, 1.82) is 0 Å². The topological polar surface area (TPSA) is 9.23 Å². The summed E-state index contributed by atoms with van der Waals surface area (Å²) in [6, 6.07) is 12.9. The van der Waals surface area contributed by atoms with Crippen LogP contribution in [0.5, 0.6) is 5.75 Å². The van der Waals surface area contributed by atoms with Crippen LogP contribution < -0.4 is 4.74 Å². The van der Waals surface area contributed by atoms with Crippen LogP contribution in [0.4, 0.5) is 0 Å². The fourth-order valence-corrected chi connectivity index (χ4v) is 3.40. The molecule has 19 heavy (non-hydrogen) atoms. The molecule has 0 radical (unpaired) electrons. The average Bonchev–Trinajstić information content (AvgIpc) is 2.48. The van der Waals surface area contributed by atoms with E-state index in [9.17, 15) is 0 Å². The van der Waals surface area contributed by atoms with Crippen LogP contribution in [0, 0.1) is 0 Å². The van der Waals surface area contributed by atoms with Gasteiger partial charge in [-0.1, -0.05) is 48.9 Å². The lowest BCUT2D eigenvalue weighted by Crippen LogP contribution is -2.37. The van der Waals surface area contributed by atoms with E-state index in [0.29, 0.717) is 0 Å². The number of ether oxygens (including phenoxy) is 1. The molecule has 2 aromatic carbocycles. The summed E-state index contributed by atoms with van der Waals surface area (Å²) in [6.07, 6.45) is 10.8. The Kier molecular flexibility index (Phi) is 2.41. The SMILES string of the molecule is C1=CC2(CCCCC2)Oc2c1ccc1ccccc21. The van der Waals surface area contributed by atoms with Crippen LogP contribution in [0.2, 0.25) is 0 Å². The fourth-order valence-electron chi connectivity index (χ4n) is 3.40. The lowest BCUT2D eigenvalue weighted by atomic mass is 9.82. The Balaban J connectivity index is 1.86. The van der Waals surface area contributed by atoms with Gasteiger partial charge in [0.2, 0.25) is 0 Å². The van der Waals surface area contributed by atoms with Crippen molar-refractivity contribution in [2.24, 2.45) is 0 Å². The van der Waals surface area contributed by atoms with Gasteiger partial charge in [-0.25, -0.2) is 0 Å². The van der Waals surface area contributed by atoms with Crippen molar-refractivity contribution >= 4 is 16.8 Å². The molecule has 4 rings (SSSR count). The van der Waals surface area contributed by atoms with Crippen LogP contribution in [0.15, 0.2) is 42.5 Å². The van der Waals surface area contributed by atoms with E-state index in [1.165, 1.54) is 35.6 Å². The van der Waals surface area contributed by atoms with E-state index < -0.39 is 0 Å². The van der Waals surface area contributed by atoms with Crippen LogP contribution in [0.1, 0.15) is 37.7 Å². The molecule has 1 saturated carbocycles. The molecule has 2 aromatic rings. The Hall–Kier alpha value is -1.76. The predicted octanol–water partition coefficient (Wildman–Crippen LogP) is 4.95. The van der Waals surface area contributed by atoms with Gasteiger partial charge in [-0.3, -0.25) is 0 Å². The highest BCUT2D eigenvalue weighted by Gasteiger charge is 2.34. The van der Waals surface area contributed by atoms with Crippen molar-refractivity contribution in [2.75, 3.05) is 0 Å². The second-order valence-electron chi connectivity index (χ2n) is 5.77. The number of hydrogen-bond donors (Lipinski definition) is 0. The largest absolute Gasteiger partial charge is 0.482 e. The summed E-state index contributed by atoms with van der Waals surface area (Å²) >= 11 is 0.